The first-order valence-corrected chi connectivity index (χ1v) is 8.76. The fourth-order valence-corrected chi connectivity index (χ4v) is 4.05. The van der Waals surface area contributed by atoms with Crippen LogP contribution in [0.25, 0.3) is 0 Å². The summed E-state index contributed by atoms with van der Waals surface area (Å²) in [7, 11) is -3.09. The van der Waals surface area contributed by atoms with Crippen LogP contribution in [0.1, 0.15) is 18.4 Å². The highest BCUT2D eigenvalue weighted by Crippen LogP contribution is 2.20. The molecule has 0 N–H and O–H groups in total. The van der Waals surface area contributed by atoms with E-state index in [-0.39, 0.29) is 5.75 Å². The zero-order chi connectivity index (χ0) is 13.0. The van der Waals surface area contributed by atoms with Gasteiger partial charge in [-0.2, -0.15) is 0 Å². The molecule has 0 saturated carbocycles. The Balaban J connectivity index is 1.91. The van der Waals surface area contributed by atoms with Crippen molar-refractivity contribution in [2.75, 3.05) is 18.8 Å². The molecule has 2 rings (SSSR count). The lowest BCUT2D eigenvalue weighted by Crippen LogP contribution is -2.40. The summed E-state index contributed by atoms with van der Waals surface area (Å²) >= 11 is 3.54. The van der Waals surface area contributed by atoms with Gasteiger partial charge in [0.05, 0.1) is 5.75 Å². The lowest BCUT2D eigenvalue weighted by molar-refractivity contribution is 0.354. The average molecular weight is 332 g/mol. The van der Waals surface area contributed by atoms with E-state index < -0.39 is 10.0 Å². The smallest absolute Gasteiger partial charge is 0.212 e. The first-order valence-electron chi connectivity index (χ1n) is 6.24. The van der Waals surface area contributed by atoms with E-state index in [2.05, 4.69) is 15.9 Å². The van der Waals surface area contributed by atoms with E-state index in [4.69, 9.17) is 0 Å². The zero-order valence-electron chi connectivity index (χ0n) is 10.3. The topological polar surface area (TPSA) is 37.4 Å². The third kappa shape index (κ3) is 3.80. The van der Waals surface area contributed by atoms with E-state index in [1.165, 1.54) is 0 Å². The van der Waals surface area contributed by atoms with Gasteiger partial charge >= 0.3 is 0 Å². The summed E-state index contributed by atoms with van der Waals surface area (Å²) in [5.74, 6) is 0.212. The van der Waals surface area contributed by atoms with Gasteiger partial charge in [0, 0.05) is 17.9 Å². The van der Waals surface area contributed by atoms with E-state index >= 15 is 0 Å². The Labute approximate surface area is 117 Å². The van der Waals surface area contributed by atoms with E-state index in [1.54, 1.807) is 4.31 Å². The molecule has 0 atom stereocenters. The highest BCUT2D eigenvalue weighted by Gasteiger charge is 2.26. The molecule has 18 heavy (non-hydrogen) atoms. The van der Waals surface area contributed by atoms with Crippen molar-refractivity contribution in [2.45, 2.75) is 24.1 Å². The lowest BCUT2D eigenvalue weighted by atomic mass is 10.2. The van der Waals surface area contributed by atoms with E-state index in [0.717, 1.165) is 18.4 Å². The van der Waals surface area contributed by atoms with Crippen molar-refractivity contribution >= 4 is 26.0 Å². The van der Waals surface area contributed by atoms with Gasteiger partial charge in [-0.25, -0.2) is 12.7 Å². The molecule has 0 spiro atoms. The molecule has 1 aliphatic rings. The predicted molar refractivity (Wildman–Crippen MR) is 77.5 cm³/mol. The fraction of sp³-hybridized carbons (Fsp3) is 0.538. The number of sulfonamides is 1. The van der Waals surface area contributed by atoms with Crippen LogP contribution in [0.5, 0.6) is 0 Å². The van der Waals surface area contributed by atoms with Crippen molar-refractivity contribution in [1.29, 1.82) is 0 Å². The van der Waals surface area contributed by atoms with Gasteiger partial charge in [-0.15, -0.1) is 0 Å². The highest BCUT2D eigenvalue weighted by atomic mass is 79.9. The number of benzene rings is 1. The van der Waals surface area contributed by atoms with Crippen LogP contribution >= 0.6 is 15.9 Å². The number of nitrogens with zero attached hydrogens (tertiary/aromatic N) is 1. The first-order chi connectivity index (χ1) is 8.58. The molecule has 0 bridgehead atoms. The molecule has 0 aromatic heterocycles. The molecule has 1 aromatic rings. The summed E-state index contributed by atoms with van der Waals surface area (Å²) in [6.07, 6.45) is 2.41. The van der Waals surface area contributed by atoms with Gasteiger partial charge in [0.2, 0.25) is 10.0 Å². The van der Waals surface area contributed by atoms with Crippen molar-refractivity contribution in [3.05, 3.63) is 35.9 Å². The lowest BCUT2D eigenvalue weighted by Gasteiger charge is -2.28. The van der Waals surface area contributed by atoms with Crippen LogP contribution in [0.15, 0.2) is 30.3 Å². The van der Waals surface area contributed by atoms with Crippen molar-refractivity contribution < 1.29 is 8.42 Å². The molecule has 0 unspecified atom stereocenters. The maximum Gasteiger partial charge on any atom is 0.214 e. The number of rotatable bonds is 4. The molecule has 0 aliphatic carbocycles. The van der Waals surface area contributed by atoms with Gasteiger partial charge in [-0.1, -0.05) is 46.3 Å². The number of halogens is 1. The Morgan fingerprint density at radius 1 is 1.17 bits per heavy atom. The Morgan fingerprint density at radius 3 is 2.39 bits per heavy atom. The first kappa shape index (κ1) is 14.0. The third-order valence-corrected chi connectivity index (χ3v) is 6.06. The monoisotopic (exact) mass is 331 g/mol. The molecule has 5 heteroatoms. The fourth-order valence-electron chi connectivity index (χ4n) is 2.12. The molecule has 1 saturated heterocycles. The van der Waals surface area contributed by atoms with Gasteiger partial charge in [0.1, 0.15) is 0 Å². The van der Waals surface area contributed by atoms with Crippen molar-refractivity contribution in [2.24, 2.45) is 0 Å². The van der Waals surface area contributed by atoms with Crippen LogP contribution in [0.4, 0.5) is 0 Å². The largest absolute Gasteiger partial charge is 0.214 e. The van der Waals surface area contributed by atoms with E-state index in [1.807, 2.05) is 30.3 Å². The summed E-state index contributed by atoms with van der Waals surface area (Å²) in [6.45, 7) is 1.29. The van der Waals surface area contributed by atoms with Crippen molar-refractivity contribution in [3.63, 3.8) is 0 Å². The number of piperidine rings is 1. The third-order valence-electron chi connectivity index (χ3n) is 3.27. The van der Waals surface area contributed by atoms with Crippen LogP contribution < -0.4 is 0 Å². The standard InChI is InChI=1S/C13H18BrNO2S/c14-13-6-9-15(10-7-13)18(16,17)11-8-12-4-2-1-3-5-12/h1-5,13H,6-11H2. The number of aryl methyl sites for hydroxylation is 1. The van der Waals surface area contributed by atoms with Crippen molar-refractivity contribution in [1.82, 2.24) is 4.31 Å². The minimum atomic E-state index is -3.09. The number of hydrogen-bond acceptors (Lipinski definition) is 2. The molecule has 1 aliphatic heterocycles. The van der Waals surface area contributed by atoms with Gasteiger partial charge in [-0.3, -0.25) is 0 Å². The molecule has 0 radical (unpaired) electrons. The minimum Gasteiger partial charge on any atom is -0.212 e. The zero-order valence-corrected chi connectivity index (χ0v) is 12.7. The molecule has 1 aromatic carbocycles. The van der Waals surface area contributed by atoms with Crippen LogP contribution in [0.2, 0.25) is 0 Å². The molecular formula is C13H18BrNO2S. The van der Waals surface area contributed by atoms with Gasteiger partial charge in [-0.05, 0) is 24.8 Å². The average Bonchev–Trinajstić information content (AvgIpc) is 2.38. The highest BCUT2D eigenvalue weighted by molar-refractivity contribution is 9.09. The number of alkyl halides is 1. The van der Waals surface area contributed by atoms with E-state index in [0.29, 0.717) is 24.3 Å². The molecule has 1 fully saturated rings. The van der Waals surface area contributed by atoms with Gasteiger partial charge < -0.3 is 0 Å². The second-order valence-electron chi connectivity index (χ2n) is 4.63. The summed E-state index contributed by atoms with van der Waals surface area (Å²) < 4.78 is 26.0. The second kappa shape index (κ2) is 6.17. The van der Waals surface area contributed by atoms with Crippen LogP contribution in [-0.4, -0.2) is 36.4 Å². The summed E-state index contributed by atoms with van der Waals surface area (Å²) in [6, 6.07) is 9.77. The van der Waals surface area contributed by atoms with Crippen molar-refractivity contribution in [3.8, 4) is 0 Å². The predicted octanol–water partition coefficient (Wildman–Crippen LogP) is 2.42. The van der Waals surface area contributed by atoms with Gasteiger partial charge in [0.15, 0.2) is 0 Å². The summed E-state index contributed by atoms with van der Waals surface area (Å²) in [4.78, 5) is 0.470. The Bertz CT molecular complexity index is 467. The molecular weight excluding hydrogens is 314 g/mol. The maximum atomic E-state index is 12.2. The molecule has 3 nitrogen and oxygen atoms in total. The molecule has 100 valence electrons. The normalized spacial score (nSPS) is 18.9. The van der Waals surface area contributed by atoms with Crippen LogP contribution in [0, 0.1) is 0 Å². The second-order valence-corrected chi connectivity index (χ2v) is 8.01. The Morgan fingerprint density at radius 2 is 1.78 bits per heavy atom. The summed E-state index contributed by atoms with van der Waals surface area (Å²) in [5, 5.41) is 0. The quantitative estimate of drug-likeness (QED) is 0.794. The maximum absolute atomic E-state index is 12.2. The van der Waals surface area contributed by atoms with Crippen LogP contribution in [0.3, 0.4) is 0 Å². The van der Waals surface area contributed by atoms with E-state index in [9.17, 15) is 8.42 Å². The minimum absolute atomic E-state index is 0.212. The Kier molecular flexibility index (Phi) is 4.81. The SMILES string of the molecule is O=S(=O)(CCc1ccccc1)N1CCC(Br)CC1. The Hall–Kier alpha value is -0.390. The summed E-state index contributed by atoms with van der Waals surface area (Å²) in [5.41, 5.74) is 1.08. The molecule has 1 heterocycles. The number of hydrogen-bond donors (Lipinski definition) is 0. The van der Waals surface area contributed by atoms with Gasteiger partial charge in [0.25, 0.3) is 0 Å². The van der Waals surface area contributed by atoms with Crippen LogP contribution in [-0.2, 0) is 16.4 Å². The molecule has 0 amide bonds.